The average molecular weight is 207 g/mol. The second-order valence-corrected chi connectivity index (χ2v) is 2.84. The lowest BCUT2D eigenvalue weighted by molar-refractivity contribution is 1.18. The Labute approximate surface area is 92.1 Å². The lowest BCUT2D eigenvalue weighted by atomic mass is 10.2. The fourth-order valence-electron chi connectivity index (χ4n) is 1.13. The van der Waals surface area contributed by atoms with Crippen molar-refractivity contribution in [2.45, 2.75) is 34.1 Å². The van der Waals surface area contributed by atoms with Gasteiger partial charge in [0, 0.05) is 17.5 Å². The van der Waals surface area contributed by atoms with Crippen LogP contribution in [-0.4, -0.2) is 9.97 Å². The number of rotatable bonds is 3. The molecule has 0 saturated heterocycles. The summed E-state index contributed by atoms with van der Waals surface area (Å²) >= 11 is 0. The summed E-state index contributed by atoms with van der Waals surface area (Å²) in [5.41, 5.74) is 7.44. The van der Waals surface area contributed by atoms with Crippen LogP contribution < -0.4 is 5.73 Å². The van der Waals surface area contributed by atoms with E-state index in [1.165, 1.54) is 6.20 Å². The largest absolute Gasteiger partial charge is 0.405 e. The van der Waals surface area contributed by atoms with Gasteiger partial charge < -0.3 is 10.7 Å². The summed E-state index contributed by atoms with van der Waals surface area (Å²) in [5.74, 6) is 0.876. The van der Waals surface area contributed by atoms with E-state index >= 15 is 0 Å². The van der Waals surface area contributed by atoms with Crippen molar-refractivity contribution in [3.05, 3.63) is 36.1 Å². The highest BCUT2D eigenvalue weighted by molar-refractivity contribution is 5.69. The number of imidazole rings is 1. The quantitative estimate of drug-likeness (QED) is 0.748. The molecule has 0 aliphatic heterocycles. The number of nitrogens with zero attached hydrogens (tertiary/aromatic N) is 1. The summed E-state index contributed by atoms with van der Waals surface area (Å²) < 4.78 is 0. The van der Waals surface area contributed by atoms with Crippen molar-refractivity contribution in [2.75, 3.05) is 0 Å². The first kappa shape index (κ1) is 13.5. The minimum atomic E-state index is 0.876. The Kier molecular flexibility index (Phi) is 7.06. The topological polar surface area (TPSA) is 54.7 Å². The fourth-order valence-corrected chi connectivity index (χ4v) is 1.13. The van der Waals surface area contributed by atoms with Crippen LogP contribution in [0, 0.1) is 6.92 Å². The third-order valence-electron chi connectivity index (χ3n) is 1.68. The molecule has 1 aromatic heterocycles. The van der Waals surface area contributed by atoms with E-state index in [0.29, 0.717) is 0 Å². The highest BCUT2D eigenvalue weighted by Crippen LogP contribution is 2.12. The minimum Gasteiger partial charge on any atom is -0.405 e. The molecule has 1 rings (SSSR count). The molecule has 0 saturated carbocycles. The van der Waals surface area contributed by atoms with E-state index in [4.69, 9.17) is 5.73 Å². The molecule has 0 atom stereocenters. The van der Waals surface area contributed by atoms with Crippen molar-refractivity contribution in [3.8, 4) is 0 Å². The second-order valence-electron chi connectivity index (χ2n) is 2.84. The number of aryl methyl sites for hydroxylation is 1. The first-order valence-electron chi connectivity index (χ1n) is 5.38. The second kappa shape index (κ2) is 7.85. The van der Waals surface area contributed by atoms with Gasteiger partial charge in [0.2, 0.25) is 0 Å². The Morgan fingerprint density at radius 3 is 2.60 bits per heavy atom. The molecule has 0 unspecified atom stereocenters. The SMILES string of the molecule is CC.CC/C=C(\C=C/N)c1ncc(C)[nH]1. The molecule has 3 nitrogen and oxygen atoms in total. The van der Waals surface area contributed by atoms with Gasteiger partial charge in [-0.3, -0.25) is 0 Å². The molecule has 1 heterocycles. The Morgan fingerprint density at radius 1 is 1.53 bits per heavy atom. The normalized spacial score (nSPS) is 11.3. The van der Waals surface area contributed by atoms with Crippen molar-refractivity contribution >= 4 is 5.57 Å². The summed E-state index contributed by atoms with van der Waals surface area (Å²) in [5, 5.41) is 0. The lowest BCUT2D eigenvalue weighted by Crippen LogP contribution is -1.86. The van der Waals surface area contributed by atoms with Gasteiger partial charge in [0.1, 0.15) is 5.82 Å². The van der Waals surface area contributed by atoms with Crippen molar-refractivity contribution in [1.82, 2.24) is 9.97 Å². The number of hydrogen-bond acceptors (Lipinski definition) is 2. The van der Waals surface area contributed by atoms with Gasteiger partial charge in [0.15, 0.2) is 0 Å². The maximum Gasteiger partial charge on any atom is 0.137 e. The van der Waals surface area contributed by atoms with Crippen molar-refractivity contribution < 1.29 is 0 Å². The molecule has 0 radical (unpaired) electrons. The van der Waals surface area contributed by atoms with E-state index in [2.05, 4.69) is 23.0 Å². The van der Waals surface area contributed by atoms with Crippen LogP contribution in [0.25, 0.3) is 5.57 Å². The van der Waals surface area contributed by atoms with E-state index in [0.717, 1.165) is 23.5 Å². The molecular formula is C12H21N3. The maximum absolute atomic E-state index is 5.34. The summed E-state index contributed by atoms with van der Waals surface area (Å²) in [6.45, 7) is 8.06. The molecule has 0 bridgehead atoms. The standard InChI is InChI=1S/C10H15N3.C2H6/c1-3-4-9(5-6-11)10-12-7-8(2)13-10;1-2/h4-7H,3,11H2,1-2H3,(H,12,13);1-2H3/b6-5-,9-4+;. The van der Waals surface area contributed by atoms with Gasteiger partial charge in [-0.25, -0.2) is 4.98 Å². The van der Waals surface area contributed by atoms with Crippen LogP contribution in [0.1, 0.15) is 38.7 Å². The van der Waals surface area contributed by atoms with Gasteiger partial charge in [-0.2, -0.15) is 0 Å². The number of nitrogens with one attached hydrogen (secondary N) is 1. The highest BCUT2D eigenvalue weighted by atomic mass is 14.9. The number of hydrogen-bond donors (Lipinski definition) is 2. The maximum atomic E-state index is 5.34. The zero-order chi connectivity index (χ0) is 11.7. The summed E-state index contributed by atoms with van der Waals surface area (Å²) in [7, 11) is 0. The Balaban J connectivity index is 0.000000921. The van der Waals surface area contributed by atoms with Gasteiger partial charge in [0.25, 0.3) is 0 Å². The molecule has 15 heavy (non-hydrogen) atoms. The van der Waals surface area contributed by atoms with E-state index in [1.54, 1.807) is 0 Å². The monoisotopic (exact) mass is 207 g/mol. The molecule has 3 heteroatoms. The van der Waals surface area contributed by atoms with Gasteiger partial charge in [-0.1, -0.05) is 26.8 Å². The first-order chi connectivity index (χ1) is 7.27. The summed E-state index contributed by atoms with van der Waals surface area (Å²) in [6.07, 6.45) is 8.24. The van der Waals surface area contributed by atoms with Crippen molar-refractivity contribution in [3.63, 3.8) is 0 Å². The number of aromatic nitrogens is 2. The molecule has 0 fully saturated rings. The number of allylic oxidation sites excluding steroid dienone is 3. The molecule has 0 aromatic carbocycles. The summed E-state index contributed by atoms with van der Waals surface area (Å²) in [4.78, 5) is 7.38. The third-order valence-corrected chi connectivity index (χ3v) is 1.68. The lowest BCUT2D eigenvalue weighted by Gasteiger charge is -1.95. The molecule has 1 aromatic rings. The van der Waals surface area contributed by atoms with Gasteiger partial charge in [-0.05, 0) is 25.6 Å². The number of nitrogens with two attached hydrogens (primary N) is 1. The van der Waals surface area contributed by atoms with Crippen molar-refractivity contribution in [1.29, 1.82) is 0 Å². The minimum absolute atomic E-state index is 0.876. The molecule has 3 N–H and O–H groups in total. The van der Waals surface area contributed by atoms with Crippen molar-refractivity contribution in [2.24, 2.45) is 5.73 Å². The summed E-state index contributed by atoms with van der Waals surface area (Å²) in [6, 6.07) is 0. The zero-order valence-corrected chi connectivity index (χ0v) is 10.0. The van der Waals surface area contributed by atoms with Crippen LogP contribution in [0.4, 0.5) is 0 Å². The third kappa shape index (κ3) is 4.49. The van der Waals surface area contributed by atoms with E-state index < -0.39 is 0 Å². The van der Waals surface area contributed by atoms with Crippen LogP contribution in [0.3, 0.4) is 0 Å². The Bertz CT molecular complexity index is 321. The fraction of sp³-hybridized carbons (Fsp3) is 0.417. The van der Waals surface area contributed by atoms with Gasteiger partial charge in [-0.15, -0.1) is 0 Å². The number of H-pyrrole nitrogens is 1. The smallest absolute Gasteiger partial charge is 0.137 e. The molecule has 0 amide bonds. The predicted octanol–water partition coefficient (Wildman–Crippen LogP) is 3.01. The van der Waals surface area contributed by atoms with Gasteiger partial charge >= 0.3 is 0 Å². The first-order valence-corrected chi connectivity index (χ1v) is 5.38. The van der Waals surface area contributed by atoms with Crippen LogP contribution in [-0.2, 0) is 0 Å². The predicted molar refractivity (Wildman–Crippen MR) is 66.3 cm³/mol. The molecule has 84 valence electrons. The van der Waals surface area contributed by atoms with Gasteiger partial charge in [0.05, 0.1) is 0 Å². The van der Waals surface area contributed by atoms with Crippen LogP contribution >= 0.6 is 0 Å². The molecular weight excluding hydrogens is 186 g/mol. The molecule has 0 aliphatic carbocycles. The average Bonchev–Trinajstić information content (AvgIpc) is 2.68. The van der Waals surface area contributed by atoms with E-state index in [1.807, 2.05) is 33.0 Å². The zero-order valence-electron chi connectivity index (χ0n) is 10.0. The molecule has 0 aliphatic rings. The highest BCUT2D eigenvalue weighted by Gasteiger charge is 2.00. The Hall–Kier alpha value is -1.51. The van der Waals surface area contributed by atoms with Crippen LogP contribution in [0.5, 0.6) is 0 Å². The van der Waals surface area contributed by atoms with Crippen LogP contribution in [0.15, 0.2) is 24.5 Å². The molecule has 0 spiro atoms. The van der Waals surface area contributed by atoms with E-state index in [-0.39, 0.29) is 0 Å². The Morgan fingerprint density at radius 2 is 2.20 bits per heavy atom. The van der Waals surface area contributed by atoms with E-state index in [9.17, 15) is 0 Å². The van der Waals surface area contributed by atoms with Crippen LogP contribution in [0.2, 0.25) is 0 Å². The number of aromatic amines is 1.